The maximum Gasteiger partial charge on any atom is 0.143 e. The van der Waals surface area contributed by atoms with E-state index in [1.807, 2.05) is 11.8 Å². The van der Waals surface area contributed by atoms with Gasteiger partial charge in [-0.25, -0.2) is 0 Å². The van der Waals surface area contributed by atoms with E-state index >= 15 is 0 Å². The van der Waals surface area contributed by atoms with Crippen LogP contribution in [0.4, 0.5) is 0 Å². The fourth-order valence-corrected chi connectivity index (χ4v) is 3.30. The first kappa shape index (κ1) is 8.45. The lowest BCUT2D eigenvalue weighted by Gasteiger charge is -2.22. The lowest BCUT2D eigenvalue weighted by atomic mass is 10.2. The van der Waals surface area contributed by atoms with Gasteiger partial charge in [-0.3, -0.25) is 0 Å². The second kappa shape index (κ2) is 3.71. The van der Waals surface area contributed by atoms with Crippen molar-refractivity contribution in [3.05, 3.63) is 10.8 Å². The number of hydrogen-bond donors (Lipinski definition) is 0. The van der Waals surface area contributed by atoms with Crippen LogP contribution < -0.4 is 4.74 Å². The van der Waals surface area contributed by atoms with Gasteiger partial charge in [0.2, 0.25) is 0 Å². The average molecular weight is 200 g/mol. The van der Waals surface area contributed by atoms with Crippen LogP contribution in [0.25, 0.3) is 0 Å². The van der Waals surface area contributed by atoms with E-state index < -0.39 is 0 Å². The van der Waals surface area contributed by atoms with E-state index in [0.717, 1.165) is 11.5 Å². The van der Waals surface area contributed by atoms with Gasteiger partial charge in [0.15, 0.2) is 0 Å². The van der Waals surface area contributed by atoms with Gasteiger partial charge in [-0.1, -0.05) is 13.3 Å². The molecule has 0 fully saturated rings. The van der Waals surface area contributed by atoms with Crippen LogP contribution in [0.3, 0.4) is 0 Å². The van der Waals surface area contributed by atoms with E-state index in [0.29, 0.717) is 6.10 Å². The van der Waals surface area contributed by atoms with Crippen molar-refractivity contribution >= 4 is 23.1 Å². The molecule has 1 nitrogen and oxygen atoms in total. The van der Waals surface area contributed by atoms with Gasteiger partial charge in [0.05, 0.1) is 4.90 Å². The van der Waals surface area contributed by atoms with E-state index in [2.05, 4.69) is 17.7 Å². The van der Waals surface area contributed by atoms with Crippen molar-refractivity contribution in [3.63, 3.8) is 0 Å². The summed E-state index contributed by atoms with van der Waals surface area (Å²) in [6.07, 6.45) is 2.84. The van der Waals surface area contributed by atoms with Gasteiger partial charge in [0.25, 0.3) is 0 Å². The molecule has 0 bridgehead atoms. The summed E-state index contributed by atoms with van der Waals surface area (Å²) >= 11 is 3.66. The molecule has 3 heteroatoms. The molecule has 1 aliphatic heterocycles. The Morgan fingerprint density at radius 2 is 2.50 bits per heavy atom. The molecule has 1 aliphatic rings. The van der Waals surface area contributed by atoms with Crippen molar-refractivity contribution in [1.82, 2.24) is 0 Å². The van der Waals surface area contributed by atoms with Gasteiger partial charge < -0.3 is 4.74 Å². The lowest BCUT2D eigenvalue weighted by Crippen LogP contribution is -2.21. The van der Waals surface area contributed by atoms with Crippen LogP contribution >= 0.6 is 23.1 Å². The first-order valence-corrected chi connectivity index (χ1v) is 6.18. The summed E-state index contributed by atoms with van der Waals surface area (Å²) < 4.78 is 5.80. The SMILES string of the molecule is CCCC1CSc2cscc2O1. The quantitative estimate of drug-likeness (QED) is 0.723. The lowest BCUT2D eigenvalue weighted by molar-refractivity contribution is 0.205. The van der Waals surface area contributed by atoms with Crippen molar-refractivity contribution in [2.45, 2.75) is 30.8 Å². The Morgan fingerprint density at radius 1 is 1.58 bits per heavy atom. The molecular weight excluding hydrogens is 188 g/mol. The first-order valence-electron chi connectivity index (χ1n) is 4.25. The van der Waals surface area contributed by atoms with Gasteiger partial charge >= 0.3 is 0 Å². The molecule has 0 radical (unpaired) electrons. The van der Waals surface area contributed by atoms with E-state index in [1.165, 1.54) is 17.7 Å². The van der Waals surface area contributed by atoms with E-state index in [1.54, 1.807) is 11.3 Å². The van der Waals surface area contributed by atoms with Crippen LogP contribution in [-0.4, -0.2) is 11.9 Å². The zero-order chi connectivity index (χ0) is 8.39. The van der Waals surface area contributed by atoms with E-state index in [-0.39, 0.29) is 0 Å². The zero-order valence-electron chi connectivity index (χ0n) is 7.08. The highest BCUT2D eigenvalue weighted by molar-refractivity contribution is 7.99. The molecule has 0 amide bonds. The van der Waals surface area contributed by atoms with Crippen molar-refractivity contribution < 1.29 is 4.74 Å². The summed E-state index contributed by atoms with van der Waals surface area (Å²) in [4.78, 5) is 1.33. The standard InChI is InChI=1S/C9H12OS2/c1-2-3-7-4-12-9-6-11-5-8(9)10-7/h5-7H,2-4H2,1H3. The summed E-state index contributed by atoms with van der Waals surface area (Å²) in [5.41, 5.74) is 0. The molecule has 0 spiro atoms. The molecule has 0 saturated heterocycles. The number of rotatable bonds is 2. The third-order valence-electron chi connectivity index (χ3n) is 1.92. The first-order chi connectivity index (χ1) is 5.90. The number of ether oxygens (including phenoxy) is 1. The summed E-state index contributed by atoms with van der Waals surface area (Å²) in [6.45, 7) is 2.21. The fourth-order valence-electron chi connectivity index (χ4n) is 1.33. The third kappa shape index (κ3) is 1.62. The van der Waals surface area contributed by atoms with Gasteiger partial charge in [-0.2, -0.15) is 0 Å². The Labute approximate surface area is 81.1 Å². The van der Waals surface area contributed by atoms with Crippen LogP contribution in [-0.2, 0) is 0 Å². The molecule has 66 valence electrons. The Bertz CT molecular complexity index is 257. The number of hydrogen-bond acceptors (Lipinski definition) is 3. The molecular formula is C9H12OS2. The van der Waals surface area contributed by atoms with Crippen molar-refractivity contribution in [2.75, 3.05) is 5.75 Å². The summed E-state index contributed by atoms with van der Waals surface area (Å²) in [7, 11) is 0. The number of thioether (sulfide) groups is 1. The molecule has 1 atom stereocenters. The molecule has 0 saturated carbocycles. The minimum Gasteiger partial charge on any atom is -0.488 e. The largest absolute Gasteiger partial charge is 0.488 e. The van der Waals surface area contributed by atoms with Crippen LogP contribution in [0.15, 0.2) is 15.7 Å². The molecule has 2 rings (SSSR count). The Hall–Kier alpha value is -0.150. The zero-order valence-corrected chi connectivity index (χ0v) is 8.71. The van der Waals surface area contributed by atoms with Gasteiger partial charge in [0, 0.05) is 16.5 Å². The predicted octanol–water partition coefficient (Wildman–Crippen LogP) is 3.40. The molecule has 2 heterocycles. The second-order valence-corrected chi connectivity index (χ2v) is 4.75. The Kier molecular flexibility index (Phi) is 2.61. The minimum atomic E-state index is 0.446. The maximum atomic E-state index is 5.80. The normalized spacial score (nSPS) is 21.6. The third-order valence-corrected chi connectivity index (χ3v) is 3.96. The second-order valence-electron chi connectivity index (χ2n) is 2.94. The van der Waals surface area contributed by atoms with Crippen LogP contribution in [0.1, 0.15) is 19.8 Å². The van der Waals surface area contributed by atoms with E-state index in [9.17, 15) is 0 Å². The number of thiophene rings is 1. The minimum absolute atomic E-state index is 0.446. The molecule has 0 N–H and O–H groups in total. The van der Waals surface area contributed by atoms with Crippen LogP contribution in [0.2, 0.25) is 0 Å². The fraction of sp³-hybridized carbons (Fsp3) is 0.556. The topological polar surface area (TPSA) is 9.23 Å². The molecule has 12 heavy (non-hydrogen) atoms. The highest BCUT2D eigenvalue weighted by Crippen LogP contribution is 2.38. The smallest absolute Gasteiger partial charge is 0.143 e. The molecule has 1 aromatic heterocycles. The molecule has 0 aromatic carbocycles. The summed E-state index contributed by atoms with van der Waals surface area (Å²) in [5.74, 6) is 2.23. The van der Waals surface area contributed by atoms with Crippen molar-refractivity contribution in [3.8, 4) is 5.75 Å². The maximum absolute atomic E-state index is 5.80. The summed E-state index contributed by atoms with van der Waals surface area (Å²) in [5, 5.41) is 4.27. The Morgan fingerprint density at radius 3 is 3.33 bits per heavy atom. The Balaban J connectivity index is 2.05. The average Bonchev–Trinajstić information content (AvgIpc) is 2.51. The van der Waals surface area contributed by atoms with Crippen LogP contribution in [0, 0.1) is 0 Å². The monoisotopic (exact) mass is 200 g/mol. The molecule has 1 aromatic rings. The molecule has 0 aliphatic carbocycles. The predicted molar refractivity (Wildman–Crippen MR) is 54.4 cm³/mol. The van der Waals surface area contributed by atoms with E-state index in [4.69, 9.17) is 4.74 Å². The van der Waals surface area contributed by atoms with Gasteiger partial charge in [-0.05, 0) is 6.42 Å². The van der Waals surface area contributed by atoms with Gasteiger partial charge in [-0.15, -0.1) is 23.1 Å². The highest BCUT2D eigenvalue weighted by Gasteiger charge is 2.19. The van der Waals surface area contributed by atoms with Crippen molar-refractivity contribution in [1.29, 1.82) is 0 Å². The van der Waals surface area contributed by atoms with Gasteiger partial charge in [0.1, 0.15) is 11.9 Å². The van der Waals surface area contributed by atoms with Crippen LogP contribution in [0.5, 0.6) is 5.75 Å². The summed E-state index contributed by atoms with van der Waals surface area (Å²) in [6, 6.07) is 0. The van der Waals surface area contributed by atoms with Crippen molar-refractivity contribution in [2.24, 2.45) is 0 Å². The number of fused-ring (bicyclic) bond motifs is 1. The highest BCUT2D eigenvalue weighted by atomic mass is 32.2. The molecule has 1 unspecified atom stereocenters.